The molecule has 0 bridgehead atoms. The largest absolute Gasteiger partial charge is 0.378 e. The molecule has 1 amide bonds. The Balaban J connectivity index is 1.45. The molecule has 1 aliphatic carbocycles. The molecule has 1 aliphatic heterocycles. The van der Waals surface area contributed by atoms with E-state index >= 15 is 0 Å². The van der Waals surface area contributed by atoms with E-state index in [-0.39, 0.29) is 34.4 Å². The first kappa shape index (κ1) is 19.1. The minimum absolute atomic E-state index is 0.0165. The Morgan fingerprint density at radius 1 is 1.03 bits per heavy atom. The summed E-state index contributed by atoms with van der Waals surface area (Å²) in [5.41, 5.74) is 4.50. The normalized spacial score (nSPS) is 21.0. The lowest BCUT2D eigenvalue weighted by Crippen LogP contribution is -2.29. The average Bonchev–Trinajstić information content (AvgIpc) is 3.29. The Bertz CT molecular complexity index is 1190. The molecule has 2 N–H and O–H groups in total. The van der Waals surface area contributed by atoms with Crippen LogP contribution in [0.3, 0.4) is 0 Å². The summed E-state index contributed by atoms with van der Waals surface area (Å²) in [5, 5.41) is 17.8. The fourth-order valence-electron chi connectivity index (χ4n) is 4.63. The summed E-state index contributed by atoms with van der Waals surface area (Å²) < 4.78 is 0. The molecule has 0 saturated carbocycles. The molecule has 2 aliphatic rings. The highest BCUT2D eigenvalue weighted by Gasteiger charge is 2.38. The highest BCUT2D eigenvalue weighted by Crippen LogP contribution is 2.50. The van der Waals surface area contributed by atoms with Gasteiger partial charge >= 0.3 is 0 Å². The van der Waals surface area contributed by atoms with Crippen LogP contribution in [-0.2, 0) is 0 Å². The second kappa shape index (κ2) is 7.72. The molecule has 3 aromatic carbocycles. The van der Waals surface area contributed by atoms with E-state index in [0.29, 0.717) is 5.56 Å². The summed E-state index contributed by atoms with van der Waals surface area (Å²) in [5.74, 6) is 0.306. The Kier molecular flexibility index (Phi) is 4.75. The number of nitrogens with zero attached hydrogens (tertiary/aromatic N) is 1. The number of non-ortho nitro benzene ring substituents is 1. The molecule has 0 fully saturated rings. The fourth-order valence-corrected chi connectivity index (χ4v) is 4.63. The Labute approximate surface area is 179 Å². The van der Waals surface area contributed by atoms with Crippen molar-refractivity contribution in [1.82, 2.24) is 0 Å². The van der Waals surface area contributed by atoms with Crippen LogP contribution in [0.2, 0.25) is 0 Å². The molecule has 0 radical (unpaired) electrons. The maximum absolute atomic E-state index is 12.5. The van der Waals surface area contributed by atoms with Crippen LogP contribution in [0, 0.1) is 16.0 Å². The van der Waals surface area contributed by atoms with Crippen LogP contribution in [0.1, 0.15) is 39.9 Å². The highest BCUT2D eigenvalue weighted by atomic mass is 16.6. The molecule has 154 valence electrons. The number of anilines is 2. The van der Waals surface area contributed by atoms with Crippen molar-refractivity contribution < 1.29 is 9.72 Å². The predicted molar refractivity (Wildman–Crippen MR) is 120 cm³/mol. The zero-order valence-electron chi connectivity index (χ0n) is 16.7. The maximum Gasteiger partial charge on any atom is 0.269 e. The molecular weight excluding hydrogens is 390 g/mol. The number of carbonyl (C=O) groups excluding carboxylic acids is 1. The van der Waals surface area contributed by atoms with Gasteiger partial charge in [-0.15, -0.1) is 0 Å². The number of nitrogens with one attached hydrogen (secondary N) is 2. The predicted octanol–water partition coefficient (Wildman–Crippen LogP) is 5.67. The lowest BCUT2D eigenvalue weighted by atomic mass is 9.77. The SMILES string of the molecule is O=C(Nc1ccc2c(c1)C1C=CCC1C(c1cccc([N+](=O)[O-])c1)N2)c1ccccc1. The van der Waals surface area contributed by atoms with Crippen LogP contribution in [0.15, 0.2) is 84.9 Å². The summed E-state index contributed by atoms with van der Waals surface area (Å²) in [4.78, 5) is 23.4. The number of nitro groups is 1. The molecule has 0 saturated heterocycles. The van der Waals surface area contributed by atoms with Gasteiger partial charge in [0.25, 0.3) is 11.6 Å². The first-order valence-electron chi connectivity index (χ1n) is 10.3. The number of benzene rings is 3. The number of amides is 1. The summed E-state index contributed by atoms with van der Waals surface area (Å²) in [7, 11) is 0. The van der Waals surface area contributed by atoms with Crippen molar-refractivity contribution in [1.29, 1.82) is 0 Å². The standard InChI is InChI=1S/C25H21N3O3/c29-25(16-6-2-1-3-7-16)26-18-12-13-23-22(15-18)20-10-5-11-21(20)24(27-23)17-8-4-9-19(14-17)28(30)31/h1-10,12-15,20-21,24,27H,11H2,(H,26,29). The van der Waals surface area contributed by atoms with E-state index in [0.717, 1.165) is 28.9 Å². The lowest BCUT2D eigenvalue weighted by Gasteiger charge is -2.37. The lowest BCUT2D eigenvalue weighted by molar-refractivity contribution is -0.384. The van der Waals surface area contributed by atoms with Gasteiger partial charge in [-0.1, -0.05) is 42.5 Å². The molecule has 5 rings (SSSR count). The number of hydrogen-bond acceptors (Lipinski definition) is 4. The topological polar surface area (TPSA) is 84.3 Å². The summed E-state index contributed by atoms with van der Waals surface area (Å²) >= 11 is 0. The van der Waals surface area contributed by atoms with E-state index in [2.05, 4.69) is 22.8 Å². The number of nitro benzene ring substituents is 1. The summed E-state index contributed by atoms with van der Waals surface area (Å²) in [6.45, 7) is 0. The fraction of sp³-hybridized carbons (Fsp3) is 0.160. The van der Waals surface area contributed by atoms with Gasteiger partial charge in [-0.3, -0.25) is 14.9 Å². The van der Waals surface area contributed by atoms with Gasteiger partial charge in [0.1, 0.15) is 0 Å². The zero-order valence-corrected chi connectivity index (χ0v) is 16.7. The second-order valence-electron chi connectivity index (χ2n) is 7.95. The maximum atomic E-state index is 12.5. The van der Waals surface area contributed by atoms with Gasteiger partial charge in [-0.2, -0.15) is 0 Å². The van der Waals surface area contributed by atoms with E-state index in [1.165, 1.54) is 6.07 Å². The molecule has 3 aromatic rings. The van der Waals surface area contributed by atoms with Crippen LogP contribution in [-0.4, -0.2) is 10.8 Å². The number of allylic oxidation sites excluding steroid dienone is 2. The van der Waals surface area contributed by atoms with Gasteiger partial charge < -0.3 is 10.6 Å². The molecule has 1 heterocycles. The highest BCUT2D eigenvalue weighted by molar-refractivity contribution is 6.04. The minimum Gasteiger partial charge on any atom is -0.378 e. The third kappa shape index (κ3) is 3.57. The Morgan fingerprint density at radius 2 is 1.87 bits per heavy atom. The zero-order chi connectivity index (χ0) is 21.4. The van der Waals surface area contributed by atoms with Crippen molar-refractivity contribution in [3.63, 3.8) is 0 Å². The van der Waals surface area contributed by atoms with E-state index in [4.69, 9.17) is 0 Å². The molecule has 0 aromatic heterocycles. The van der Waals surface area contributed by atoms with Crippen molar-refractivity contribution in [3.05, 3.63) is 112 Å². The van der Waals surface area contributed by atoms with E-state index in [1.807, 2.05) is 42.5 Å². The van der Waals surface area contributed by atoms with Crippen LogP contribution in [0.4, 0.5) is 17.1 Å². The number of rotatable bonds is 4. The molecule has 6 heteroatoms. The van der Waals surface area contributed by atoms with Crippen molar-refractivity contribution in [2.45, 2.75) is 18.4 Å². The van der Waals surface area contributed by atoms with Gasteiger partial charge in [-0.05, 0) is 53.8 Å². The summed E-state index contributed by atoms with van der Waals surface area (Å²) in [6, 6.07) is 21.9. The van der Waals surface area contributed by atoms with Crippen molar-refractivity contribution in [2.24, 2.45) is 5.92 Å². The third-order valence-electron chi connectivity index (χ3n) is 6.10. The van der Waals surface area contributed by atoms with E-state index in [1.54, 1.807) is 24.3 Å². The van der Waals surface area contributed by atoms with Gasteiger partial charge in [0, 0.05) is 35.0 Å². The van der Waals surface area contributed by atoms with Gasteiger partial charge in [-0.25, -0.2) is 0 Å². The van der Waals surface area contributed by atoms with E-state index in [9.17, 15) is 14.9 Å². The molecule has 3 unspecified atom stereocenters. The quantitative estimate of drug-likeness (QED) is 0.329. The first-order chi connectivity index (χ1) is 15.1. The molecule has 31 heavy (non-hydrogen) atoms. The van der Waals surface area contributed by atoms with Crippen LogP contribution in [0.5, 0.6) is 0 Å². The smallest absolute Gasteiger partial charge is 0.269 e. The van der Waals surface area contributed by atoms with Crippen LogP contribution in [0.25, 0.3) is 0 Å². The molecular formula is C25H21N3O3. The number of carbonyl (C=O) groups is 1. The number of hydrogen-bond donors (Lipinski definition) is 2. The van der Waals surface area contributed by atoms with E-state index < -0.39 is 0 Å². The molecule has 6 nitrogen and oxygen atoms in total. The third-order valence-corrected chi connectivity index (χ3v) is 6.10. The van der Waals surface area contributed by atoms with Crippen LogP contribution < -0.4 is 10.6 Å². The summed E-state index contributed by atoms with van der Waals surface area (Å²) in [6.07, 6.45) is 5.27. The Hall–Kier alpha value is -3.93. The molecule has 3 atom stereocenters. The monoisotopic (exact) mass is 411 g/mol. The van der Waals surface area contributed by atoms with Gasteiger partial charge in [0.05, 0.1) is 11.0 Å². The van der Waals surface area contributed by atoms with Gasteiger partial charge in [0.2, 0.25) is 0 Å². The van der Waals surface area contributed by atoms with Crippen molar-refractivity contribution >= 4 is 23.0 Å². The Morgan fingerprint density at radius 3 is 2.68 bits per heavy atom. The minimum atomic E-state index is -0.355. The average molecular weight is 411 g/mol. The molecule has 0 spiro atoms. The van der Waals surface area contributed by atoms with Gasteiger partial charge in [0.15, 0.2) is 0 Å². The van der Waals surface area contributed by atoms with Crippen molar-refractivity contribution in [3.8, 4) is 0 Å². The number of fused-ring (bicyclic) bond motifs is 3. The second-order valence-corrected chi connectivity index (χ2v) is 7.95. The van der Waals surface area contributed by atoms with Crippen LogP contribution >= 0.6 is 0 Å². The first-order valence-corrected chi connectivity index (χ1v) is 10.3. The van der Waals surface area contributed by atoms with Crippen molar-refractivity contribution in [2.75, 3.05) is 10.6 Å².